The Bertz CT molecular complexity index is 578. The van der Waals surface area contributed by atoms with Crippen molar-refractivity contribution in [2.75, 3.05) is 11.9 Å². The number of nitrogens with zero attached hydrogens (tertiary/aromatic N) is 2. The van der Waals surface area contributed by atoms with Gasteiger partial charge >= 0.3 is 12.0 Å². The van der Waals surface area contributed by atoms with Crippen LogP contribution in [0.3, 0.4) is 0 Å². The summed E-state index contributed by atoms with van der Waals surface area (Å²) in [5.41, 5.74) is 0.282. The minimum absolute atomic E-state index is 0.0464. The number of benzene rings is 1. The van der Waals surface area contributed by atoms with E-state index in [0.717, 1.165) is 9.80 Å². The van der Waals surface area contributed by atoms with Crippen LogP contribution in [0, 0.1) is 0 Å². The fourth-order valence-electron chi connectivity index (χ4n) is 1.70. The van der Waals surface area contributed by atoms with Gasteiger partial charge in [0, 0.05) is 7.05 Å². The molecule has 1 aromatic rings. The molecule has 0 aromatic heterocycles. The van der Waals surface area contributed by atoms with E-state index in [1.807, 2.05) is 0 Å². The third-order valence-electron chi connectivity index (χ3n) is 2.78. The summed E-state index contributed by atoms with van der Waals surface area (Å²) >= 11 is 0. The van der Waals surface area contributed by atoms with E-state index < -0.39 is 23.8 Å². The first-order valence-electron chi connectivity index (χ1n) is 5.38. The fourth-order valence-corrected chi connectivity index (χ4v) is 1.70. The Labute approximate surface area is 108 Å². The van der Waals surface area contributed by atoms with E-state index in [-0.39, 0.29) is 17.7 Å². The van der Waals surface area contributed by atoms with Gasteiger partial charge in [-0.15, -0.1) is 0 Å². The molecule has 4 amide bonds. The molecular weight excluding hydrogens is 252 g/mol. The number of amides is 4. The lowest BCUT2D eigenvalue weighted by Crippen LogP contribution is -2.53. The molecule has 0 radical (unpaired) electrons. The van der Waals surface area contributed by atoms with Gasteiger partial charge in [0.15, 0.2) is 0 Å². The lowest BCUT2D eigenvalue weighted by atomic mass is 10.1. The maximum atomic E-state index is 11.9. The van der Waals surface area contributed by atoms with E-state index in [9.17, 15) is 19.2 Å². The first kappa shape index (κ1) is 12.7. The molecule has 1 aliphatic heterocycles. The van der Waals surface area contributed by atoms with Crippen molar-refractivity contribution in [1.82, 2.24) is 4.90 Å². The van der Waals surface area contributed by atoms with Gasteiger partial charge in [-0.05, 0) is 24.3 Å². The van der Waals surface area contributed by atoms with Crippen molar-refractivity contribution in [3.63, 3.8) is 0 Å². The zero-order valence-electron chi connectivity index (χ0n) is 9.99. The Morgan fingerprint density at radius 3 is 2.21 bits per heavy atom. The Morgan fingerprint density at radius 2 is 1.68 bits per heavy atom. The maximum Gasteiger partial charge on any atom is 0.337 e. The molecule has 0 aliphatic carbocycles. The van der Waals surface area contributed by atoms with Gasteiger partial charge in [-0.25, -0.2) is 14.5 Å². The molecule has 1 aromatic carbocycles. The van der Waals surface area contributed by atoms with Crippen molar-refractivity contribution < 1.29 is 24.3 Å². The number of carbonyl (C=O) groups is 4. The van der Waals surface area contributed by atoms with Crippen LogP contribution in [0.25, 0.3) is 0 Å². The minimum atomic E-state index is -1.10. The Morgan fingerprint density at radius 1 is 1.11 bits per heavy atom. The zero-order chi connectivity index (χ0) is 14.2. The second-order valence-electron chi connectivity index (χ2n) is 3.99. The summed E-state index contributed by atoms with van der Waals surface area (Å²) in [6.07, 6.45) is -0.386. The van der Waals surface area contributed by atoms with Crippen molar-refractivity contribution in [2.45, 2.75) is 6.42 Å². The maximum absolute atomic E-state index is 11.9. The van der Waals surface area contributed by atoms with Gasteiger partial charge in [0.25, 0.3) is 0 Å². The van der Waals surface area contributed by atoms with Gasteiger partial charge in [0.1, 0.15) is 6.42 Å². The molecule has 2 rings (SSSR count). The molecule has 7 heteroatoms. The average Bonchev–Trinajstić information content (AvgIpc) is 2.37. The number of hydrogen-bond acceptors (Lipinski definition) is 4. The zero-order valence-corrected chi connectivity index (χ0v) is 9.99. The van der Waals surface area contributed by atoms with E-state index >= 15 is 0 Å². The number of carboxylic acid groups (broad SMARTS) is 1. The van der Waals surface area contributed by atoms with Crippen molar-refractivity contribution in [2.24, 2.45) is 0 Å². The van der Waals surface area contributed by atoms with Gasteiger partial charge in [0.2, 0.25) is 11.8 Å². The molecule has 0 unspecified atom stereocenters. The highest BCUT2D eigenvalue weighted by Crippen LogP contribution is 2.21. The smallest absolute Gasteiger partial charge is 0.337 e. The van der Waals surface area contributed by atoms with Crippen LogP contribution >= 0.6 is 0 Å². The summed E-state index contributed by atoms with van der Waals surface area (Å²) in [4.78, 5) is 47.3. The van der Waals surface area contributed by atoms with E-state index in [1.165, 1.54) is 31.3 Å². The summed E-state index contributed by atoms with van der Waals surface area (Å²) in [5, 5.41) is 8.77. The summed E-state index contributed by atoms with van der Waals surface area (Å²) in [5.74, 6) is -2.29. The number of anilines is 1. The lowest BCUT2D eigenvalue weighted by Gasteiger charge is -2.30. The highest BCUT2D eigenvalue weighted by molar-refractivity contribution is 6.26. The van der Waals surface area contributed by atoms with Crippen LogP contribution in [-0.2, 0) is 9.59 Å². The van der Waals surface area contributed by atoms with Crippen LogP contribution in [0.5, 0.6) is 0 Å². The second kappa shape index (κ2) is 4.52. The average molecular weight is 262 g/mol. The molecule has 7 nitrogen and oxygen atoms in total. The van der Waals surface area contributed by atoms with Crippen LogP contribution in [0.4, 0.5) is 10.5 Å². The van der Waals surface area contributed by atoms with E-state index in [1.54, 1.807) is 0 Å². The number of carboxylic acids is 1. The molecule has 98 valence electrons. The number of imide groups is 2. The summed E-state index contributed by atoms with van der Waals surface area (Å²) in [6, 6.07) is 4.53. The predicted octanol–water partition coefficient (Wildman–Crippen LogP) is 0.700. The van der Waals surface area contributed by atoms with Crippen molar-refractivity contribution in [3.05, 3.63) is 29.8 Å². The second-order valence-corrected chi connectivity index (χ2v) is 3.99. The summed E-state index contributed by atoms with van der Waals surface area (Å²) in [6.45, 7) is 0. The molecule has 1 fully saturated rings. The van der Waals surface area contributed by atoms with E-state index in [4.69, 9.17) is 5.11 Å². The molecule has 1 aliphatic rings. The largest absolute Gasteiger partial charge is 0.478 e. The van der Waals surface area contributed by atoms with Crippen LogP contribution in [-0.4, -0.2) is 40.9 Å². The van der Waals surface area contributed by atoms with E-state index in [0.29, 0.717) is 0 Å². The van der Waals surface area contributed by atoms with Crippen LogP contribution < -0.4 is 4.90 Å². The highest BCUT2D eigenvalue weighted by atomic mass is 16.4. The van der Waals surface area contributed by atoms with Crippen LogP contribution in [0.1, 0.15) is 16.8 Å². The number of urea groups is 1. The van der Waals surface area contributed by atoms with Gasteiger partial charge in [0.05, 0.1) is 11.3 Å². The third kappa shape index (κ3) is 2.17. The minimum Gasteiger partial charge on any atom is -0.478 e. The van der Waals surface area contributed by atoms with Gasteiger partial charge in [-0.2, -0.15) is 0 Å². The molecule has 1 N–H and O–H groups in total. The van der Waals surface area contributed by atoms with Crippen LogP contribution in [0.2, 0.25) is 0 Å². The summed E-state index contributed by atoms with van der Waals surface area (Å²) < 4.78 is 0. The van der Waals surface area contributed by atoms with Crippen molar-refractivity contribution in [3.8, 4) is 0 Å². The van der Waals surface area contributed by atoms with Gasteiger partial charge in [-0.3, -0.25) is 14.5 Å². The van der Waals surface area contributed by atoms with Gasteiger partial charge in [-0.1, -0.05) is 0 Å². The van der Waals surface area contributed by atoms with Gasteiger partial charge < -0.3 is 5.11 Å². The highest BCUT2D eigenvalue weighted by Gasteiger charge is 2.36. The molecule has 0 saturated carbocycles. The van der Waals surface area contributed by atoms with Crippen molar-refractivity contribution >= 4 is 29.5 Å². The Balaban J connectivity index is 2.35. The first-order chi connectivity index (χ1) is 8.91. The molecular formula is C12H10N2O5. The molecule has 1 heterocycles. The molecule has 0 spiro atoms. The fraction of sp³-hybridized carbons (Fsp3) is 0.167. The molecule has 0 atom stereocenters. The SMILES string of the molecule is CN1C(=O)CC(=O)N(c2ccc(C(=O)O)cc2)C1=O. The number of carbonyl (C=O) groups excluding carboxylic acids is 3. The Kier molecular flexibility index (Phi) is 3.04. The normalized spacial score (nSPS) is 15.9. The van der Waals surface area contributed by atoms with E-state index in [2.05, 4.69) is 0 Å². The number of rotatable bonds is 2. The topological polar surface area (TPSA) is 95.0 Å². The number of barbiturate groups is 1. The quantitative estimate of drug-likeness (QED) is 0.791. The molecule has 19 heavy (non-hydrogen) atoms. The predicted molar refractivity (Wildman–Crippen MR) is 63.7 cm³/mol. The number of aromatic carboxylic acids is 1. The standard InChI is InChI=1S/C12H10N2O5/c1-13-9(15)6-10(16)14(12(13)19)8-4-2-7(3-5-8)11(17)18/h2-5H,6H2,1H3,(H,17,18). The number of hydrogen-bond donors (Lipinski definition) is 1. The molecule has 0 bridgehead atoms. The molecule has 1 saturated heterocycles. The lowest BCUT2D eigenvalue weighted by molar-refractivity contribution is -0.134. The third-order valence-corrected chi connectivity index (χ3v) is 2.78. The Hall–Kier alpha value is -2.70. The monoisotopic (exact) mass is 262 g/mol. The first-order valence-corrected chi connectivity index (χ1v) is 5.38. The summed E-state index contributed by atoms with van der Waals surface area (Å²) in [7, 11) is 1.29. The van der Waals surface area contributed by atoms with Crippen molar-refractivity contribution in [1.29, 1.82) is 0 Å². The van der Waals surface area contributed by atoms with Crippen LogP contribution in [0.15, 0.2) is 24.3 Å².